The van der Waals surface area contributed by atoms with Crippen molar-refractivity contribution in [3.05, 3.63) is 57.6 Å². The van der Waals surface area contributed by atoms with Crippen LogP contribution in [0.2, 0.25) is 0 Å². The van der Waals surface area contributed by atoms with Gasteiger partial charge in [0.05, 0.1) is 19.8 Å². The van der Waals surface area contributed by atoms with E-state index in [2.05, 4.69) is 0 Å². The van der Waals surface area contributed by atoms with Crippen LogP contribution < -0.4 is 29.6 Å². The summed E-state index contributed by atoms with van der Waals surface area (Å²) in [6.45, 7) is 1.34. The van der Waals surface area contributed by atoms with Crippen LogP contribution >= 0.6 is 15.2 Å². The summed E-state index contributed by atoms with van der Waals surface area (Å²) in [7, 11) is -9.53. The van der Waals surface area contributed by atoms with Gasteiger partial charge in [-0.15, -0.1) is 0 Å². The normalized spacial score (nSPS) is 12.7. The van der Waals surface area contributed by atoms with E-state index < -0.39 is 33.9 Å². The molecule has 1 atom stereocenters. The summed E-state index contributed by atoms with van der Waals surface area (Å²) in [4.78, 5) is 42.0. The molecule has 17 heteroatoms. The first-order chi connectivity index (χ1) is 18.7. The molecule has 0 aliphatic heterocycles. The van der Waals surface area contributed by atoms with E-state index in [4.69, 9.17) is 0 Å². The van der Waals surface area contributed by atoms with Gasteiger partial charge in [-0.25, -0.2) is 0 Å². The van der Waals surface area contributed by atoms with Gasteiger partial charge >= 0.3 is 44.7 Å². The van der Waals surface area contributed by atoms with Crippen molar-refractivity contribution in [2.45, 2.75) is 58.8 Å². The van der Waals surface area contributed by atoms with E-state index in [9.17, 15) is 54.2 Å². The molecule has 0 aromatic heterocycles. The number of aromatic hydroxyl groups is 2. The van der Waals surface area contributed by atoms with Crippen molar-refractivity contribution in [3.63, 3.8) is 0 Å². The van der Waals surface area contributed by atoms with E-state index in [-0.39, 0.29) is 97.5 Å². The van der Waals surface area contributed by atoms with Crippen molar-refractivity contribution < 1.29 is 101 Å². The van der Waals surface area contributed by atoms with Gasteiger partial charge in [-0.3, -0.25) is 18.9 Å². The van der Waals surface area contributed by atoms with Crippen LogP contribution in [-0.2, 0) is 65.3 Å². The molecule has 1 unspecified atom stereocenters. The average molecular weight is 685 g/mol. The van der Waals surface area contributed by atoms with Crippen molar-refractivity contribution >= 4 is 15.2 Å². The van der Waals surface area contributed by atoms with Gasteiger partial charge in [0.2, 0.25) is 0 Å². The van der Waals surface area contributed by atoms with Crippen molar-refractivity contribution in [2.75, 3.05) is 26.0 Å². The third-order valence-corrected chi connectivity index (χ3v) is 8.81. The quantitative estimate of drug-likeness (QED) is 0.0700. The molecular weight excluding hydrogens is 645 g/mol. The number of hydrogen-bond donors (Lipinski definition) is 9. The predicted octanol–water partition coefficient (Wildman–Crippen LogP) is -1.86. The SMILES string of the molecule is CCc1cc(CO)cc(O)c1CN(CCN(Cc1c(O)ccc(CO)c1CC)C(CO)P(=O)(O)O)CP(=O)(O)O.[Fe].[Na+]. The molecule has 0 amide bonds. The zero-order chi connectivity index (χ0) is 30.3. The standard InChI is InChI=1S/C25H40N2O11P2.Fe.Na/c1-3-18-9-17(13-28)10-24(32)21(18)11-26(16-39(33,34)35)7-8-27(25(15-30)40(36,37)38)12-22-20(4-2)19(14-29)5-6-23(22)31;;/h5-6,9-10,25,28-32H,3-4,7-8,11-16H2,1-2H3,(H2,33,34,35)(H2,36,37,38);;/q;;+1. The third-order valence-electron chi connectivity index (χ3n) is 6.77. The first kappa shape index (κ1) is 41.7. The Balaban J connectivity index is 0.00000840. The molecule has 234 valence electrons. The van der Waals surface area contributed by atoms with E-state index in [1.807, 2.05) is 6.92 Å². The van der Waals surface area contributed by atoms with Gasteiger partial charge in [-0.05, 0) is 47.2 Å². The number of phenols is 2. The largest absolute Gasteiger partial charge is 1.00 e. The Morgan fingerprint density at radius 2 is 1.43 bits per heavy atom. The molecule has 0 aliphatic rings. The number of hydrogen-bond acceptors (Lipinski definition) is 9. The van der Waals surface area contributed by atoms with Crippen LogP contribution in [0.1, 0.15) is 47.2 Å². The smallest absolute Gasteiger partial charge is 0.508 e. The Labute approximate surface area is 278 Å². The average Bonchev–Trinajstić information content (AvgIpc) is 2.87. The van der Waals surface area contributed by atoms with Crippen LogP contribution in [0.5, 0.6) is 11.5 Å². The molecule has 0 saturated carbocycles. The second-order valence-electron chi connectivity index (χ2n) is 9.56. The molecule has 0 saturated heterocycles. The molecular formula is C25H40FeN2NaO11P2+. The van der Waals surface area contributed by atoms with Gasteiger partial charge in [-0.1, -0.05) is 26.0 Å². The summed E-state index contributed by atoms with van der Waals surface area (Å²) in [5.74, 6) is -2.03. The molecule has 2 aromatic carbocycles. The number of aliphatic hydroxyl groups excluding tert-OH is 3. The van der Waals surface area contributed by atoms with Crippen LogP contribution in [-0.4, -0.2) is 86.7 Å². The summed E-state index contributed by atoms with van der Waals surface area (Å²) in [6.07, 6.45) is 0.119. The van der Waals surface area contributed by atoms with Crippen LogP contribution in [0.25, 0.3) is 0 Å². The Morgan fingerprint density at radius 3 is 1.90 bits per heavy atom. The summed E-state index contributed by atoms with van der Waals surface area (Å²) in [6, 6.07) is 5.93. The first-order valence-corrected chi connectivity index (χ1v) is 16.2. The molecule has 0 radical (unpaired) electrons. The first-order valence-electron chi connectivity index (χ1n) is 12.7. The van der Waals surface area contributed by atoms with Crippen LogP contribution in [0.4, 0.5) is 0 Å². The third kappa shape index (κ3) is 11.9. The Bertz CT molecular complexity index is 1250. The van der Waals surface area contributed by atoms with Crippen molar-refractivity contribution in [1.82, 2.24) is 9.80 Å². The molecule has 0 fully saturated rings. The molecule has 2 aromatic rings. The second kappa shape index (κ2) is 18.6. The second-order valence-corrected chi connectivity index (χ2v) is 12.9. The van der Waals surface area contributed by atoms with Crippen molar-refractivity contribution in [3.8, 4) is 11.5 Å². The number of nitrogens with zero attached hydrogens (tertiary/aromatic N) is 2. The van der Waals surface area contributed by atoms with E-state index in [1.54, 1.807) is 13.0 Å². The van der Waals surface area contributed by atoms with Crippen LogP contribution in [0.15, 0.2) is 24.3 Å². The summed E-state index contributed by atoms with van der Waals surface area (Å²) in [5, 5.41) is 50.3. The minimum Gasteiger partial charge on any atom is -0.508 e. The van der Waals surface area contributed by atoms with Gasteiger partial charge in [0, 0.05) is 54.4 Å². The number of aliphatic hydroxyl groups is 3. The number of aryl methyl sites for hydroxylation is 1. The predicted molar refractivity (Wildman–Crippen MR) is 147 cm³/mol. The number of benzene rings is 2. The molecule has 2 rings (SSSR count). The zero-order valence-electron chi connectivity index (χ0n) is 23.9. The fourth-order valence-electron chi connectivity index (χ4n) is 4.79. The van der Waals surface area contributed by atoms with Gasteiger partial charge in [0.1, 0.15) is 23.6 Å². The molecule has 9 N–H and O–H groups in total. The van der Waals surface area contributed by atoms with E-state index >= 15 is 0 Å². The Kier molecular flexibility index (Phi) is 18.4. The van der Waals surface area contributed by atoms with Gasteiger partial charge in [0.25, 0.3) is 0 Å². The van der Waals surface area contributed by atoms with E-state index in [0.29, 0.717) is 46.2 Å². The maximum Gasteiger partial charge on any atom is 1.00 e. The van der Waals surface area contributed by atoms with Gasteiger partial charge in [-0.2, -0.15) is 0 Å². The zero-order valence-corrected chi connectivity index (χ0v) is 28.8. The minimum absolute atomic E-state index is 0. The maximum absolute atomic E-state index is 12.3. The van der Waals surface area contributed by atoms with Crippen LogP contribution in [0.3, 0.4) is 0 Å². The Hall–Kier alpha value is -0.341. The summed E-state index contributed by atoms with van der Waals surface area (Å²) < 4.78 is 24.3. The molecule has 0 aliphatic carbocycles. The fraction of sp³-hybridized carbons (Fsp3) is 0.520. The summed E-state index contributed by atoms with van der Waals surface area (Å²) >= 11 is 0. The molecule has 0 spiro atoms. The Morgan fingerprint density at radius 1 is 0.786 bits per heavy atom. The number of phenolic OH excluding ortho intramolecular Hbond substituents is 2. The fourth-order valence-corrected chi connectivity index (χ4v) is 6.39. The molecule has 13 nitrogen and oxygen atoms in total. The van der Waals surface area contributed by atoms with Gasteiger partial charge < -0.3 is 45.1 Å². The van der Waals surface area contributed by atoms with Gasteiger partial charge in [0.15, 0.2) is 0 Å². The molecule has 0 bridgehead atoms. The monoisotopic (exact) mass is 685 g/mol. The molecule has 42 heavy (non-hydrogen) atoms. The number of rotatable bonds is 16. The van der Waals surface area contributed by atoms with Crippen LogP contribution in [0, 0.1) is 0 Å². The maximum atomic E-state index is 12.3. The van der Waals surface area contributed by atoms with Crippen molar-refractivity contribution in [1.29, 1.82) is 0 Å². The topological polar surface area (TPSA) is 223 Å². The molecule has 0 heterocycles. The van der Waals surface area contributed by atoms with E-state index in [0.717, 1.165) is 0 Å². The summed E-state index contributed by atoms with van der Waals surface area (Å²) in [5.41, 5.74) is 2.89. The van der Waals surface area contributed by atoms with E-state index in [1.165, 1.54) is 28.0 Å². The van der Waals surface area contributed by atoms with Crippen molar-refractivity contribution in [2.24, 2.45) is 0 Å². The minimum atomic E-state index is -4.91.